The monoisotopic (exact) mass is 356 g/mol. The summed E-state index contributed by atoms with van der Waals surface area (Å²) in [5, 5.41) is 11.1. The van der Waals surface area contributed by atoms with Crippen molar-refractivity contribution in [1.29, 1.82) is 0 Å². The van der Waals surface area contributed by atoms with Crippen LogP contribution >= 0.6 is 11.3 Å². The number of hydrogen-bond donors (Lipinski definition) is 2. The summed E-state index contributed by atoms with van der Waals surface area (Å²) >= 11 is 1.71. The van der Waals surface area contributed by atoms with E-state index in [-0.39, 0.29) is 6.04 Å². The highest BCUT2D eigenvalue weighted by molar-refractivity contribution is 7.07. The molecule has 0 saturated carbocycles. The van der Waals surface area contributed by atoms with Gasteiger partial charge in [0, 0.05) is 25.3 Å². The number of nitrogens with zero attached hydrogens (tertiary/aromatic N) is 2. The van der Waals surface area contributed by atoms with Gasteiger partial charge in [-0.1, -0.05) is 12.1 Å². The second kappa shape index (κ2) is 8.90. The summed E-state index contributed by atoms with van der Waals surface area (Å²) in [6.07, 6.45) is 2.61. The second-order valence-corrected chi connectivity index (χ2v) is 7.26. The third kappa shape index (κ3) is 4.98. The Balaban J connectivity index is 1.67. The fraction of sp³-hybridized carbons (Fsp3) is 0.450. The third-order valence-electron chi connectivity index (χ3n) is 4.54. The minimum atomic E-state index is 0.211. The van der Waals surface area contributed by atoms with Crippen LogP contribution in [0.2, 0.25) is 0 Å². The van der Waals surface area contributed by atoms with Gasteiger partial charge in [-0.25, -0.2) is 4.99 Å². The zero-order valence-corrected chi connectivity index (χ0v) is 16.0. The summed E-state index contributed by atoms with van der Waals surface area (Å²) in [4.78, 5) is 7.19. The molecule has 1 fully saturated rings. The normalized spacial score (nSPS) is 16.1. The van der Waals surface area contributed by atoms with E-state index in [9.17, 15) is 0 Å². The van der Waals surface area contributed by atoms with Gasteiger partial charge in [-0.05, 0) is 66.8 Å². The molecule has 1 aliphatic rings. The smallest absolute Gasteiger partial charge is 0.192 e. The molecule has 1 aromatic heterocycles. The fourth-order valence-electron chi connectivity index (χ4n) is 3.13. The van der Waals surface area contributed by atoms with Gasteiger partial charge in [-0.15, -0.1) is 0 Å². The molecule has 1 aromatic carbocycles. The Hall–Kier alpha value is -2.01. The van der Waals surface area contributed by atoms with Crippen LogP contribution in [0.15, 0.2) is 46.1 Å². The van der Waals surface area contributed by atoms with E-state index in [4.69, 9.17) is 4.99 Å². The standard InChI is InChI=1S/C20H28N4S/c1-3-21-20(22-14-17-9-12-25-15-17)23-16(2)18-7-6-8-19(13-18)24-10-4-5-11-24/h6-9,12-13,15-16H,3-5,10-11,14H2,1-2H3,(H2,21,22,23). The summed E-state index contributed by atoms with van der Waals surface area (Å²) < 4.78 is 0. The van der Waals surface area contributed by atoms with Crippen LogP contribution in [0.1, 0.15) is 43.9 Å². The van der Waals surface area contributed by atoms with Crippen LogP contribution < -0.4 is 15.5 Å². The van der Waals surface area contributed by atoms with Gasteiger partial charge < -0.3 is 15.5 Å². The molecule has 5 heteroatoms. The van der Waals surface area contributed by atoms with Crippen molar-refractivity contribution in [3.63, 3.8) is 0 Å². The zero-order valence-electron chi connectivity index (χ0n) is 15.2. The molecule has 1 unspecified atom stereocenters. The molecule has 2 heterocycles. The maximum absolute atomic E-state index is 4.71. The Labute approximate surface area is 155 Å². The summed E-state index contributed by atoms with van der Waals surface area (Å²) in [6, 6.07) is 11.2. The van der Waals surface area contributed by atoms with Crippen LogP contribution in [-0.2, 0) is 6.54 Å². The van der Waals surface area contributed by atoms with Crippen LogP contribution in [0, 0.1) is 0 Å². The van der Waals surface area contributed by atoms with E-state index in [1.54, 1.807) is 11.3 Å². The summed E-state index contributed by atoms with van der Waals surface area (Å²) in [5.41, 5.74) is 3.89. The maximum atomic E-state index is 4.71. The van der Waals surface area contributed by atoms with Gasteiger partial charge in [-0.2, -0.15) is 11.3 Å². The van der Waals surface area contributed by atoms with Gasteiger partial charge in [0.05, 0.1) is 12.6 Å². The lowest BCUT2D eigenvalue weighted by Gasteiger charge is -2.22. The number of thiophene rings is 1. The molecule has 4 nitrogen and oxygen atoms in total. The number of anilines is 1. The Morgan fingerprint density at radius 2 is 2.12 bits per heavy atom. The van der Waals surface area contributed by atoms with Gasteiger partial charge >= 0.3 is 0 Å². The molecule has 0 spiro atoms. The topological polar surface area (TPSA) is 39.7 Å². The Bertz CT molecular complexity index is 675. The highest BCUT2D eigenvalue weighted by Gasteiger charge is 2.14. The van der Waals surface area contributed by atoms with Crippen LogP contribution in [0.4, 0.5) is 5.69 Å². The van der Waals surface area contributed by atoms with E-state index in [0.29, 0.717) is 6.54 Å². The predicted molar refractivity (Wildman–Crippen MR) is 109 cm³/mol. The summed E-state index contributed by atoms with van der Waals surface area (Å²) in [6.45, 7) is 8.21. The van der Waals surface area contributed by atoms with Gasteiger partial charge in [-0.3, -0.25) is 0 Å². The third-order valence-corrected chi connectivity index (χ3v) is 5.27. The molecule has 0 radical (unpaired) electrons. The number of benzene rings is 1. The van der Waals surface area contributed by atoms with E-state index in [1.807, 2.05) is 0 Å². The van der Waals surface area contributed by atoms with Crippen molar-refractivity contribution >= 4 is 23.0 Å². The highest BCUT2D eigenvalue weighted by Crippen LogP contribution is 2.24. The number of nitrogens with one attached hydrogen (secondary N) is 2. The molecule has 1 atom stereocenters. The van der Waals surface area contributed by atoms with Crippen LogP contribution in [0.5, 0.6) is 0 Å². The number of hydrogen-bond acceptors (Lipinski definition) is 3. The summed E-state index contributed by atoms with van der Waals surface area (Å²) in [5.74, 6) is 0.868. The van der Waals surface area contributed by atoms with Crippen molar-refractivity contribution < 1.29 is 0 Å². The van der Waals surface area contributed by atoms with Gasteiger partial charge in [0.1, 0.15) is 0 Å². The molecular weight excluding hydrogens is 328 g/mol. The molecule has 1 aliphatic heterocycles. The maximum Gasteiger partial charge on any atom is 0.192 e. The van der Waals surface area contributed by atoms with Gasteiger partial charge in [0.15, 0.2) is 5.96 Å². The first-order chi connectivity index (χ1) is 12.3. The zero-order chi connectivity index (χ0) is 17.5. The summed E-state index contributed by atoms with van der Waals surface area (Å²) in [7, 11) is 0. The molecular formula is C20H28N4S. The van der Waals surface area contributed by atoms with Crippen LogP contribution in [-0.4, -0.2) is 25.6 Å². The lowest BCUT2D eigenvalue weighted by Crippen LogP contribution is -2.38. The number of rotatable bonds is 6. The predicted octanol–water partition coefficient (Wildman–Crippen LogP) is 4.16. The van der Waals surface area contributed by atoms with E-state index < -0.39 is 0 Å². The Kier molecular flexibility index (Phi) is 6.34. The van der Waals surface area contributed by atoms with Gasteiger partial charge in [0.25, 0.3) is 0 Å². The Morgan fingerprint density at radius 3 is 2.84 bits per heavy atom. The van der Waals surface area contributed by atoms with Crippen molar-refractivity contribution in [2.24, 2.45) is 4.99 Å². The minimum Gasteiger partial charge on any atom is -0.372 e. The second-order valence-electron chi connectivity index (χ2n) is 6.48. The molecule has 25 heavy (non-hydrogen) atoms. The van der Waals surface area contributed by atoms with Crippen LogP contribution in [0.25, 0.3) is 0 Å². The average Bonchev–Trinajstić information content (AvgIpc) is 3.33. The van der Waals surface area contributed by atoms with Gasteiger partial charge in [0.2, 0.25) is 0 Å². The number of aliphatic imine (C=N–C) groups is 1. The molecule has 2 aromatic rings. The lowest BCUT2D eigenvalue weighted by atomic mass is 10.1. The first-order valence-electron chi connectivity index (χ1n) is 9.17. The lowest BCUT2D eigenvalue weighted by molar-refractivity contribution is 0.686. The molecule has 1 saturated heterocycles. The first-order valence-corrected chi connectivity index (χ1v) is 10.1. The molecule has 0 amide bonds. The van der Waals surface area contributed by atoms with Crippen LogP contribution in [0.3, 0.4) is 0 Å². The van der Waals surface area contributed by atoms with E-state index in [0.717, 1.165) is 12.5 Å². The fourth-order valence-corrected chi connectivity index (χ4v) is 3.79. The minimum absolute atomic E-state index is 0.211. The number of guanidine groups is 1. The molecule has 134 valence electrons. The molecule has 0 aliphatic carbocycles. The molecule has 3 rings (SSSR count). The Morgan fingerprint density at radius 1 is 1.28 bits per heavy atom. The average molecular weight is 357 g/mol. The highest BCUT2D eigenvalue weighted by atomic mass is 32.1. The van der Waals surface area contributed by atoms with Crippen molar-refractivity contribution in [1.82, 2.24) is 10.6 Å². The molecule has 0 bridgehead atoms. The first kappa shape index (κ1) is 17.8. The largest absolute Gasteiger partial charge is 0.372 e. The van der Waals surface area contributed by atoms with E-state index in [2.05, 4.69) is 70.5 Å². The van der Waals surface area contributed by atoms with Crippen molar-refractivity contribution in [2.45, 2.75) is 39.3 Å². The SMILES string of the molecule is CCNC(=NCc1ccsc1)NC(C)c1cccc(N2CCCC2)c1. The van der Waals surface area contributed by atoms with E-state index in [1.165, 1.54) is 42.7 Å². The van der Waals surface area contributed by atoms with Crippen molar-refractivity contribution in [3.8, 4) is 0 Å². The quantitative estimate of drug-likeness (QED) is 0.603. The van der Waals surface area contributed by atoms with E-state index >= 15 is 0 Å². The molecule has 2 N–H and O–H groups in total. The van der Waals surface area contributed by atoms with Crippen molar-refractivity contribution in [3.05, 3.63) is 52.2 Å². The van der Waals surface area contributed by atoms with Crippen molar-refractivity contribution in [2.75, 3.05) is 24.5 Å².